The number of nitro groups is 1. The summed E-state index contributed by atoms with van der Waals surface area (Å²) in [5.41, 5.74) is -0.145. The number of aliphatic hydroxyl groups excluding tert-OH is 1. The summed E-state index contributed by atoms with van der Waals surface area (Å²) < 4.78 is 23.3. The Morgan fingerprint density at radius 2 is 2.19 bits per heavy atom. The van der Waals surface area contributed by atoms with Crippen LogP contribution in [0.15, 0.2) is 12.4 Å². The van der Waals surface area contributed by atoms with Crippen molar-refractivity contribution in [3.63, 3.8) is 0 Å². The van der Waals surface area contributed by atoms with Gasteiger partial charge in [0.25, 0.3) is 0 Å². The van der Waals surface area contributed by atoms with Crippen LogP contribution in [0.1, 0.15) is 13.8 Å². The maximum Gasteiger partial charge on any atom is 0.306 e. The second-order valence-corrected chi connectivity index (χ2v) is 8.14. The fourth-order valence-electron chi connectivity index (χ4n) is 1.50. The van der Waals surface area contributed by atoms with E-state index in [1.807, 2.05) is 0 Å². The molecule has 1 aromatic heterocycles. The summed E-state index contributed by atoms with van der Waals surface area (Å²) in [4.78, 5) is 9.93. The second-order valence-electron chi connectivity index (χ2n) is 5.49. The van der Waals surface area contributed by atoms with E-state index in [9.17, 15) is 23.6 Å². The minimum atomic E-state index is -3.20. The van der Waals surface area contributed by atoms with Crippen LogP contribution in [0, 0.1) is 10.1 Å². The first kappa shape index (κ1) is 17.5. The van der Waals surface area contributed by atoms with E-state index in [2.05, 4.69) is 10.4 Å². The molecule has 0 aliphatic heterocycles. The van der Waals surface area contributed by atoms with Crippen LogP contribution in [0.3, 0.4) is 0 Å². The number of hydrogen-bond donors (Lipinski definition) is 2. The van der Waals surface area contributed by atoms with Gasteiger partial charge < -0.3 is 10.4 Å². The molecule has 1 aromatic rings. The lowest BCUT2D eigenvalue weighted by atomic mass is 10.2. The zero-order valence-corrected chi connectivity index (χ0v) is 13.0. The average molecular weight is 320 g/mol. The summed E-state index contributed by atoms with van der Waals surface area (Å²) in [5.74, 6) is 0. The Balaban J connectivity index is 2.44. The molecule has 0 aromatic carbocycles. The Morgan fingerprint density at radius 1 is 1.57 bits per heavy atom. The molecule has 2 N–H and O–H groups in total. The predicted octanol–water partition coefficient (Wildman–Crippen LogP) is -0.435. The van der Waals surface area contributed by atoms with Gasteiger partial charge in [0, 0.05) is 19.3 Å². The van der Waals surface area contributed by atoms with E-state index in [0.29, 0.717) is 0 Å². The van der Waals surface area contributed by atoms with Gasteiger partial charge in [-0.25, -0.2) is 8.42 Å². The molecule has 0 amide bonds. The molecule has 0 fully saturated rings. The number of sulfone groups is 1. The standard InChI is InChI=1S/C11H20N4O5S/c1-11(2,21(3,19)20)8-12-5-10(16)7-14-6-9(4-13-14)15(17)18/h4,6,10,12,16H,5,7-8H2,1-3H3. The van der Waals surface area contributed by atoms with Crippen molar-refractivity contribution in [2.24, 2.45) is 0 Å². The van der Waals surface area contributed by atoms with E-state index < -0.39 is 25.6 Å². The molecule has 0 aliphatic carbocycles. The highest BCUT2D eigenvalue weighted by atomic mass is 32.2. The molecule has 0 saturated heterocycles. The van der Waals surface area contributed by atoms with Gasteiger partial charge >= 0.3 is 5.69 Å². The van der Waals surface area contributed by atoms with Gasteiger partial charge in [-0.3, -0.25) is 14.8 Å². The summed E-state index contributed by atoms with van der Waals surface area (Å²) in [5, 5.41) is 26.9. The summed E-state index contributed by atoms with van der Waals surface area (Å²) in [6.45, 7) is 3.63. The van der Waals surface area contributed by atoms with Crippen molar-refractivity contribution in [2.45, 2.75) is 31.2 Å². The van der Waals surface area contributed by atoms with Gasteiger partial charge in [-0.05, 0) is 13.8 Å². The highest BCUT2D eigenvalue weighted by molar-refractivity contribution is 7.92. The number of rotatable bonds is 8. The molecular weight excluding hydrogens is 300 g/mol. The Morgan fingerprint density at radius 3 is 2.67 bits per heavy atom. The quantitative estimate of drug-likeness (QED) is 0.491. The Hall–Kier alpha value is -1.52. The summed E-state index contributed by atoms with van der Waals surface area (Å²) in [7, 11) is -3.20. The van der Waals surface area contributed by atoms with Gasteiger partial charge in [-0.15, -0.1) is 0 Å². The smallest absolute Gasteiger partial charge is 0.306 e. The molecule has 0 aliphatic rings. The van der Waals surface area contributed by atoms with E-state index in [1.54, 1.807) is 13.8 Å². The molecule has 0 radical (unpaired) electrons. The maximum atomic E-state index is 11.5. The van der Waals surface area contributed by atoms with Crippen molar-refractivity contribution in [2.75, 3.05) is 19.3 Å². The number of aliphatic hydroxyl groups is 1. The maximum absolute atomic E-state index is 11.5. The predicted molar refractivity (Wildman–Crippen MR) is 76.7 cm³/mol. The normalized spacial score (nSPS) is 14.1. The minimum Gasteiger partial charge on any atom is -0.390 e. The van der Waals surface area contributed by atoms with Crippen LogP contribution in [0.5, 0.6) is 0 Å². The third kappa shape index (κ3) is 5.06. The molecule has 0 saturated carbocycles. The Bertz CT molecular complexity index is 596. The average Bonchev–Trinajstić information content (AvgIpc) is 2.75. The summed E-state index contributed by atoms with van der Waals surface area (Å²) >= 11 is 0. The molecule has 0 spiro atoms. The van der Waals surface area contributed by atoms with Crippen molar-refractivity contribution in [1.82, 2.24) is 15.1 Å². The first-order chi connectivity index (χ1) is 9.53. The van der Waals surface area contributed by atoms with Gasteiger partial charge in [-0.1, -0.05) is 0 Å². The van der Waals surface area contributed by atoms with E-state index >= 15 is 0 Å². The molecule has 9 nitrogen and oxygen atoms in total. The molecular formula is C11H20N4O5S. The summed E-state index contributed by atoms with van der Waals surface area (Å²) in [6.07, 6.45) is 2.66. The van der Waals surface area contributed by atoms with Crippen LogP contribution in [0.25, 0.3) is 0 Å². The zero-order valence-electron chi connectivity index (χ0n) is 12.2. The highest BCUT2D eigenvalue weighted by Gasteiger charge is 2.29. The largest absolute Gasteiger partial charge is 0.390 e. The SMILES string of the molecule is CC(C)(CNCC(O)Cn1cc([N+](=O)[O-])cn1)S(C)(=O)=O. The van der Waals surface area contributed by atoms with Gasteiger partial charge in [0.05, 0.1) is 22.3 Å². The molecule has 10 heteroatoms. The Labute approximate surface area is 123 Å². The van der Waals surface area contributed by atoms with E-state index in [0.717, 1.165) is 12.5 Å². The third-order valence-electron chi connectivity index (χ3n) is 3.16. The first-order valence-corrected chi connectivity index (χ1v) is 8.17. The molecule has 1 atom stereocenters. The van der Waals surface area contributed by atoms with Crippen LogP contribution >= 0.6 is 0 Å². The molecule has 1 unspecified atom stereocenters. The van der Waals surface area contributed by atoms with Crippen molar-refractivity contribution in [3.8, 4) is 0 Å². The lowest BCUT2D eigenvalue weighted by Crippen LogP contribution is -2.44. The third-order valence-corrected chi connectivity index (χ3v) is 5.31. The number of nitrogens with one attached hydrogen (secondary N) is 1. The fraction of sp³-hybridized carbons (Fsp3) is 0.727. The van der Waals surface area contributed by atoms with Gasteiger partial charge in [0.2, 0.25) is 0 Å². The number of hydrogen-bond acceptors (Lipinski definition) is 7. The van der Waals surface area contributed by atoms with Gasteiger partial charge in [-0.2, -0.15) is 5.10 Å². The summed E-state index contributed by atoms with van der Waals surface area (Å²) in [6, 6.07) is 0. The lowest BCUT2D eigenvalue weighted by Gasteiger charge is -2.23. The topological polar surface area (TPSA) is 127 Å². The molecule has 21 heavy (non-hydrogen) atoms. The van der Waals surface area contributed by atoms with E-state index in [-0.39, 0.29) is 25.3 Å². The van der Waals surface area contributed by atoms with Crippen LogP contribution < -0.4 is 5.32 Å². The van der Waals surface area contributed by atoms with Gasteiger partial charge in [0.15, 0.2) is 9.84 Å². The van der Waals surface area contributed by atoms with Gasteiger partial charge in [0.1, 0.15) is 12.4 Å². The van der Waals surface area contributed by atoms with Crippen LogP contribution in [0.2, 0.25) is 0 Å². The number of aromatic nitrogens is 2. The van der Waals surface area contributed by atoms with E-state index in [1.165, 1.54) is 10.9 Å². The lowest BCUT2D eigenvalue weighted by molar-refractivity contribution is -0.385. The fourth-order valence-corrected chi connectivity index (χ4v) is 1.86. The first-order valence-electron chi connectivity index (χ1n) is 6.28. The molecule has 1 rings (SSSR count). The van der Waals surface area contributed by atoms with Crippen LogP contribution in [-0.4, -0.2) is 58.4 Å². The molecule has 1 heterocycles. The Kier molecular flexibility index (Phi) is 5.42. The second kappa shape index (κ2) is 6.50. The molecule has 120 valence electrons. The van der Waals surface area contributed by atoms with Crippen LogP contribution in [-0.2, 0) is 16.4 Å². The van der Waals surface area contributed by atoms with E-state index in [4.69, 9.17) is 0 Å². The zero-order chi connectivity index (χ0) is 16.3. The van der Waals surface area contributed by atoms with Crippen LogP contribution in [0.4, 0.5) is 5.69 Å². The highest BCUT2D eigenvalue weighted by Crippen LogP contribution is 2.13. The van der Waals surface area contributed by atoms with Crippen molar-refractivity contribution in [3.05, 3.63) is 22.5 Å². The van der Waals surface area contributed by atoms with Crippen molar-refractivity contribution < 1.29 is 18.4 Å². The molecule has 0 bridgehead atoms. The monoisotopic (exact) mass is 320 g/mol. The van der Waals surface area contributed by atoms with Crippen molar-refractivity contribution in [1.29, 1.82) is 0 Å². The van der Waals surface area contributed by atoms with Crippen molar-refractivity contribution >= 4 is 15.5 Å². The number of nitrogens with zero attached hydrogens (tertiary/aromatic N) is 3. The minimum absolute atomic E-state index is 0.0835.